The Hall–Kier alpha value is -6.19. The van der Waals surface area contributed by atoms with Gasteiger partial charge in [-0.1, -0.05) is 6.07 Å². The summed E-state index contributed by atoms with van der Waals surface area (Å²) in [6, 6.07) is 6.15. The molecule has 16 nitrogen and oxygen atoms in total. The first kappa shape index (κ1) is 31.3. The number of benzene rings is 2. The van der Waals surface area contributed by atoms with E-state index in [1.165, 1.54) is 53.6 Å². The molecule has 16 heteroatoms. The Kier molecular flexibility index (Phi) is 10.2. The summed E-state index contributed by atoms with van der Waals surface area (Å²) >= 11 is 0. The number of phenolic OH excluding ortho intramolecular Hbond substituents is 4. The molecule has 2 amide bonds. The maximum Gasteiger partial charge on any atom is 0.275 e. The fraction of sp³-hybridized carbons (Fsp3) is 0.148. The van der Waals surface area contributed by atoms with Gasteiger partial charge in [-0.2, -0.15) is 0 Å². The first-order valence-corrected chi connectivity index (χ1v) is 12.3. The summed E-state index contributed by atoms with van der Waals surface area (Å²) in [5.74, 6) is -3.08. The van der Waals surface area contributed by atoms with E-state index in [0.717, 1.165) is 31.2 Å². The zero-order chi connectivity index (χ0) is 31.7. The molecule has 6 N–H and O–H groups in total. The van der Waals surface area contributed by atoms with Crippen LogP contribution in [0.5, 0.6) is 23.0 Å². The SMILES string of the molecule is C\C(=C/C(=C\C=C\n1cnc(C[C@H](NC(=O)c2ccc(O)c(O)c2)C(=O)NCc2ccc(O)c(O)c2)c1)[N+](=O)[O-])[N+](=O)[O-]. The van der Waals surface area contributed by atoms with Crippen LogP contribution in [0.4, 0.5) is 0 Å². The second-order valence-electron chi connectivity index (χ2n) is 9.02. The van der Waals surface area contributed by atoms with Gasteiger partial charge < -0.3 is 35.6 Å². The van der Waals surface area contributed by atoms with Crippen molar-refractivity contribution in [2.45, 2.75) is 25.9 Å². The molecule has 0 unspecified atom stereocenters. The van der Waals surface area contributed by atoms with Crippen molar-refractivity contribution in [3.63, 3.8) is 0 Å². The Morgan fingerprint density at radius 2 is 1.67 bits per heavy atom. The topological polar surface area (TPSA) is 243 Å². The van der Waals surface area contributed by atoms with E-state index in [2.05, 4.69) is 15.6 Å². The minimum Gasteiger partial charge on any atom is -0.504 e. The number of hydrogen-bond donors (Lipinski definition) is 6. The van der Waals surface area contributed by atoms with Gasteiger partial charge in [-0.25, -0.2) is 4.98 Å². The van der Waals surface area contributed by atoms with E-state index in [1.54, 1.807) is 0 Å². The molecule has 1 atom stereocenters. The summed E-state index contributed by atoms with van der Waals surface area (Å²) in [6.45, 7) is 1.05. The number of carbonyl (C=O) groups is 2. The number of aromatic hydroxyl groups is 4. The number of phenols is 4. The molecule has 0 aliphatic heterocycles. The highest BCUT2D eigenvalue weighted by Crippen LogP contribution is 2.25. The van der Waals surface area contributed by atoms with Crippen molar-refractivity contribution in [2.75, 3.05) is 0 Å². The Morgan fingerprint density at radius 1 is 1.00 bits per heavy atom. The van der Waals surface area contributed by atoms with Gasteiger partial charge in [0.2, 0.25) is 11.6 Å². The van der Waals surface area contributed by atoms with Crippen molar-refractivity contribution in [1.29, 1.82) is 0 Å². The third-order valence-corrected chi connectivity index (χ3v) is 5.81. The fourth-order valence-corrected chi connectivity index (χ4v) is 3.55. The third kappa shape index (κ3) is 8.90. The molecular weight excluding hydrogens is 568 g/mol. The standard InChI is InChI=1S/C27H26N6O10/c1-16(32(40)41)9-20(33(42)43)3-2-8-31-14-19(29-15-31)12-21(30-26(38)18-5-7-23(35)25(37)11-18)27(39)28-13-17-4-6-22(34)24(36)10-17/h2-11,14-15,21,34-37H,12-13H2,1H3,(H,28,39)(H,30,38)/b8-2+,16-9+,20-3+/t21-/m0/s1. The van der Waals surface area contributed by atoms with E-state index in [9.17, 15) is 50.2 Å². The van der Waals surface area contributed by atoms with Crippen molar-refractivity contribution >= 4 is 18.0 Å². The zero-order valence-electron chi connectivity index (χ0n) is 22.4. The summed E-state index contributed by atoms with van der Waals surface area (Å²) < 4.78 is 1.40. The molecule has 0 spiro atoms. The average Bonchev–Trinajstić information content (AvgIpc) is 3.40. The average molecular weight is 595 g/mol. The van der Waals surface area contributed by atoms with Gasteiger partial charge in [-0.15, -0.1) is 0 Å². The Labute approximate surface area is 242 Å². The second kappa shape index (κ2) is 13.9. The highest BCUT2D eigenvalue weighted by Gasteiger charge is 2.23. The predicted molar refractivity (Wildman–Crippen MR) is 150 cm³/mol. The van der Waals surface area contributed by atoms with Gasteiger partial charge in [0, 0.05) is 43.9 Å². The summed E-state index contributed by atoms with van der Waals surface area (Å²) in [7, 11) is 0. The molecule has 0 aliphatic carbocycles. The fourth-order valence-electron chi connectivity index (χ4n) is 3.55. The minimum atomic E-state index is -1.20. The Bertz CT molecular complexity index is 1640. The van der Waals surface area contributed by atoms with Crippen LogP contribution in [0.3, 0.4) is 0 Å². The summed E-state index contributed by atoms with van der Waals surface area (Å²) in [6.07, 6.45) is 7.19. The summed E-state index contributed by atoms with van der Waals surface area (Å²) in [5.41, 5.74) is -0.204. The molecule has 224 valence electrons. The lowest BCUT2D eigenvalue weighted by molar-refractivity contribution is -0.433. The molecule has 0 radical (unpaired) electrons. The highest BCUT2D eigenvalue weighted by atomic mass is 16.6. The molecule has 1 heterocycles. The lowest BCUT2D eigenvalue weighted by atomic mass is 10.1. The van der Waals surface area contributed by atoms with Gasteiger partial charge in [0.15, 0.2) is 23.0 Å². The zero-order valence-corrected chi connectivity index (χ0v) is 22.4. The molecule has 3 rings (SSSR count). The van der Waals surface area contributed by atoms with E-state index < -0.39 is 50.6 Å². The molecule has 43 heavy (non-hydrogen) atoms. The van der Waals surface area contributed by atoms with Crippen molar-refractivity contribution in [1.82, 2.24) is 20.2 Å². The number of imidazole rings is 1. The van der Waals surface area contributed by atoms with Crippen LogP contribution in [-0.2, 0) is 17.8 Å². The van der Waals surface area contributed by atoms with E-state index >= 15 is 0 Å². The number of nitrogens with zero attached hydrogens (tertiary/aromatic N) is 4. The van der Waals surface area contributed by atoms with Crippen LogP contribution in [0.15, 0.2) is 78.5 Å². The van der Waals surface area contributed by atoms with Crippen LogP contribution in [0.1, 0.15) is 28.5 Å². The minimum absolute atomic E-state index is 0.0419. The molecule has 0 saturated carbocycles. The molecule has 3 aromatic rings. The van der Waals surface area contributed by atoms with E-state index in [1.807, 2.05) is 0 Å². The highest BCUT2D eigenvalue weighted by molar-refractivity contribution is 5.98. The maximum absolute atomic E-state index is 13.1. The Balaban J connectivity index is 1.79. The van der Waals surface area contributed by atoms with Crippen molar-refractivity contribution in [2.24, 2.45) is 0 Å². The number of nitro groups is 2. The summed E-state index contributed by atoms with van der Waals surface area (Å²) in [5, 5.41) is 65.6. The van der Waals surface area contributed by atoms with Crippen molar-refractivity contribution in [3.8, 4) is 23.0 Å². The molecular formula is C27H26N6O10. The third-order valence-electron chi connectivity index (χ3n) is 5.81. The van der Waals surface area contributed by atoms with E-state index in [-0.39, 0.29) is 30.0 Å². The van der Waals surface area contributed by atoms with E-state index in [4.69, 9.17) is 0 Å². The lowest BCUT2D eigenvalue weighted by Gasteiger charge is -2.18. The van der Waals surface area contributed by atoms with Gasteiger partial charge in [0.1, 0.15) is 6.04 Å². The molecule has 0 bridgehead atoms. The number of rotatable bonds is 12. The quantitative estimate of drug-likeness (QED) is 0.0768. The predicted octanol–water partition coefficient (Wildman–Crippen LogP) is 2.17. The van der Waals surface area contributed by atoms with Gasteiger partial charge in [-0.3, -0.25) is 29.8 Å². The number of aromatic nitrogens is 2. The Morgan fingerprint density at radius 3 is 2.30 bits per heavy atom. The van der Waals surface area contributed by atoms with Crippen LogP contribution in [0, 0.1) is 20.2 Å². The van der Waals surface area contributed by atoms with Crippen LogP contribution < -0.4 is 10.6 Å². The van der Waals surface area contributed by atoms with Gasteiger partial charge >= 0.3 is 0 Å². The molecule has 0 fully saturated rings. The van der Waals surface area contributed by atoms with Crippen LogP contribution in [0.25, 0.3) is 6.20 Å². The number of hydrogen-bond acceptors (Lipinski definition) is 11. The second-order valence-corrected chi connectivity index (χ2v) is 9.02. The molecule has 1 aromatic heterocycles. The number of nitrogens with one attached hydrogen (secondary N) is 2. The number of allylic oxidation sites excluding steroid dienone is 4. The van der Waals surface area contributed by atoms with Gasteiger partial charge in [0.05, 0.1) is 27.9 Å². The van der Waals surface area contributed by atoms with Crippen LogP contribution in [0.2, 0.25) is 0 Å². The van der Waals surface area contributed by atoms with Crippen LogP contribution in [-0.4, -0.2) is 57.7 Å². The lowest BCUT2D eigenvalue weighted by Crippen LogP contribution is -2.47. The molecule has 2 aromatic carbocycles. The van der Waals surface area contributed by atoms with Gasteiger partial charge in [0.25, 0.3) is 11.6 Å². The van der Waals surface area contributed by atoms with Crippen molar-refractivity contribution in [3.05, 3.63) is 116 Å². The number of amides is 2. The van der Waals surface area contributed by atoms with Crippen LogP contribution >= 0.6 is 0 Å². The normalized spacial score (nSPS) is 12.6. The molecule has 0 aliphatic rings. The first-order valence-electron chi connectivity index (χ1n) is 12.3. The molecule has 0 saturated heterocycles. The van der Waals surface area contributed by atoms with Crippen molar-refractivity contribution < 1.29 is 39.9 Å². The monoisotopic (exact) mass is 594 g/mol. The first-order chi connectivity index (χ1) is 20.3. The number of carbonyl (C=O) groups excluding carboxylic acids is 2. The maximum atomic E-state index is 13.1. The largest absolute Gasteiger partial charge is 0.504 e. The van der Waals surface area contributed by atoms with Gasteiger partial charge in [-0.05, 0) is 42.0 Å². The smallest absolute Gasteiger partial charge is 0.275 e. The summed E-state index contributed by atoms with van der Waals surface area (Å²) in [4.78, 5) is 50.6. The van der Waals surface area contributed by atoms with E-state index in [0.29, 0.717) is 11.3 Å².